The second-order valence-corrected chi connectivity index (χ2v) is 6.21. The van der Waals surface area contributed by atoms with Crippen LogP contribution in [-0.4, -0.2) is 11.2 Å². The van der Waals surface area contributed by atoms with Crippen molar-refractivity contribution in [2.75, 3.05) is 0 Å². The topological polar surface area (TPSA) is 20.2 Å². The minimum Gasteiger partial charge on any atom is -0.393 e. The second kappa shape index (κ2) is 4.13. The minimum atomic E-state index is -0.0904. The first-order chi connectivity index (χ1) is 8.17. The van der Waals surface area contributed by atoms with E-state index >= 15 is 0 Å². The monoisotopic (exact) mass is 230 g/mol. The van der Waals surface area contributed by atoms with Crippen molar-refractivity contribution in [3.05, 3.63) is 35.4 Å². The Hall–Kier alpha value is -0.820. The van der Waals surface area contributed by atoms with E-state index in [1.165, 1.54) is 30.4 Å². The molecule has 3 rings (SSSR count). The lowest BCUT2D eigenvalue weighted by molar-refractivity contribution is 0.175. The van der Waals surface area contributed by atoms with E-state index in [4.69, 9.17) is 0 Å². The quantitative estimate of drug-likeness (QED) is 0.820. The fourth-order valence-electron chi connectivity index (χ4n) is 3.38. The fourth-order valence-corrected chi connectivity index (χ4v) is 3.38. The van der Waals surface area contributed by atoms with Gasteiger partial charge in [-0.2, -0.15) is 0 Å². The summed E-state index contributed by atoms with van der Waals surface area (Å²) in [7, 11) is 0. The molecule has 2 aliphatic rings. The molecule has 1 aromatic rings. The van der Waals surface area contributed by atoms with Crippen LogP contribution in [0.3, 0.4) is 0 Å². The normalized spacial score (nSPS) is 33.6. The molecule has 2 fully saturated rings. The Bertz CT molecular complexity index is 408. The Balaban J connectivity index is 1.87. The van der Waals surface area contributed by atoms with Crippen molar-refractivity contribution < 1.29 is 5.11 Å². The number of rotatable bonds is 2. The minimum absolute atomic E-state index is 0.0904. The number of hydrogen-bond acceptors (Lipinski definition) is 1. The molecule has 2 unspecified atom stereocenters. The molecule has 1 aromatic carbocycles. The molecule has 0 bridgehead atoms. The molecule has 0 aliphatic heterocycles. The van der Waals surface area contributed by atoms with Gasteiger partial charge in [0.15, 0.2) is 0 Å². The fraction of sp³-hybridized carbons (Fsp3) is 0.625. The highest BCUT2D eigenvalue weighted by Gasteiger charge is 2.36. The Labute approximate surface area is 104 Å². The molecule has 2 aliphatic carbocycles. The van der Waals surface area contributed by atoms with Gasteiger partial charge in [0.05, 0.1) is 6.10 Å². The van der Waals surface area contributed by atoms with Gasteiger partial charge in [-0.15, -0.1) is 0 Å². The third-order valence-electron chi connectivity index (χ3n) is 4.88. The van der Waals surface area contributed by atoms with Gasteiger partial charge < -0.3 is 5.11 Å². The van der Waals surface area contributed by atoms with Crippen LogP contribution < -0.4 is 0 Å². The highest BCUT2D eigenvalue weighted by atomic mass is 16.3. The van der Waals surface area contributed by atoms with Crippen LogP contribution >= 0.6 is 0 Å². The van der Waals surface area contributed by atoms with Crippen LogP contribution in [0.2, 0.25) is 0 Å². The molecule has 1 nitrogen and oxygen atoms in total. The lowest BCUT2D eigenvalue weighted by Crippen LogP contribution is -2.19. The predicted molar refractivity (Wildman–Crippen MR) is 70.2 cm³/mol. The number of hydrogen-bond donors (Lipinski definition) is 1. The molecule has 92 valence electrons. The zero-order valence-electron chi connectivity index (χ0n) is 10.7. The smallest absolute Gasteiger partial charge is 0.0549 e. The zero-order valence-corrected chi connectivity index (χ0v) is 10.7. The Morgan fingerprint density at radius 1 is 1.24 bits per heavy atom. The van der Waals surface area contributed by atoms with E-state index in [-0.39, 0.29) is 11.5 Å². The average molecular weight is 230 g/mol. The van der Waals surface area contributed by atoms with Crippen LogP contribution in [0.25, 0.3) is 0 Å². The largest absolute Gasteiger partial charge is 0.393 e. The second-order valence-electron chi connectivity index (χ2n) is 6.21. The maximum absolute atomic E-state index is 9.76. The van der Waals surface area contributed by atoms with Gasteiger partial charge in [-0.25, -0.2) is 0 Å². The third-order valence-corrected chi connectivity index (χ3v) is 4.88. The molecule has 0 aromatic heterocycles. The van der Waals surface area contributed by atoms with Crippen molar-refractivity contribution >= 4 is 0 Å². The van der Waals surface area contributed by atoms with Crippen LogP contribution in [0.4, 0.5) is 0 Å². The first kappa shape index (κ1) is 11.3. The van der Waals surface area contributed by atoms with Gasteiger partial charge in [-0.05, 0) is 54.6 Å². The summed E-state index contributed by atoms with van der Waals surface area (Å²) in [6.45, 7) is 2.31. The molecule has 2 atom stereocenters. The molecule has 0 radical (unpaired) electrons. The van der Waals surface area contributed by atoms with Crippen molar-refractivity contribution in [1.29, 1.82) is 0 Å². The van der Waals surface area contributed by atoms with E-state index in [2.05, 4.69) is 31.2 Å². The standard InChI is InChI=1S/C16H22O/c1-16(9-8-15(17)11-16)14-7-3-6-13(10-14)12-4-2-5-12/h3,6-7,10,12,15,17H,2,4-5,8-9,11H2,1H3. The molecule has 2 saturated carbocycles. The molecule has 17 heavy (non-hydrogen) atoms. The third kappa shape index (κ3) is 2.01. The molecule has 0 saturated heterocycles. The van der Waals surface area contributed by atoms with Crippen LogP contribution in [-0.2, 0) is 5.41 Å². The van der Waals surface area contributed by atoms with E-state index in [0.717, 1.165) is 25.2 Å². The van der Waals surface area contributed by atoms with Crippen LogP contribution in [0.15, 0.2) is 24.3 Å². The molecule has 1 heteroatoms. The summed E-state index contributed by atoms with van der Waals surface area (Å²) in [5.41, 5.74) is 3.17. The lowest BCUT2D eigenvalue weighted by Gasteiger charge is -2.29. The maximum Gasteiger partial charge on any atom is 0.0549 e. The van der Waals surface area contributed by atoms with Gasteiger partial charge in [0.2, 0.25) is 0 Å². The summed E-state index contributed by atoms with van der Waals surface area (Å²) < 4.78 is 0. The Morgan fingerprint density at radius 3 is 2.65 bits per heavy atom. The number of benzene rings is 1. The number of aliphatic hydroxyl groups excluding tert-OH is 1. The Morgan fingerprint density at radius 2 is 2.06 bits per heavy atom. The van der Waals surface area contributed by atoms with Gasteiger partial charge in [0.25, 0.3) is 0 Å². The maximum atomic E-state index is 9.76. The number of aliphatic hydroxyl groups is 1. The van der Waals surface area contributed by atoms with E-state index in [1.54, 1.807) is 0 Å². The first-order valence-corrected chi connectivity index (χ1v) is 6.96. The van der Waals surface area contributed by atoms with Crippen molar-refractivity contribution in [3.63, 3.8) is 0 Å². The van der Waals surface area contributed by atoms with Gasteiger partial charge in [0, 0.05) is 0 Å². The highest BCUT2D eigenvalue weighted by Crippen LogP contribution is 2.43. The summed E-state index contributed by atoms with van der Waals surface area (Å²) in [6, 6.07) is 9.14. The average Bonchev–Trinajstić information content (AvgIpc) is 2.58. The van der Waals surface area contributed by atoms with Gasteiger partial charge in [0.1, 0.15) is 0 Å². The first-order valence-electron chi connectivity index (χ1n) is 6.96. The summed E-state index contributed by atoms with van der Waals surface area (Å²) in [5.74, 6) is 0.810. The molecule has 0 amide bonds. The van der Waals surface area contributed by atoms with Gasteiger partial charge >= 0.3 is 0 Å². The highest BCUT2D eigenvalue weighted by molar-refractivity contribution is 5.33. The van der Waals surface area contributed by atoms with Gasteiger partial charge in [-0.3, -0.25) is 0 Å². The predicted octanol–water partition coefficient (Wildman–Crippen LogP) is 3.76. The van der Waals surface area contributed by atoms with E-state index in [0.29, 0.717) is 0 Å². The summed E-state index contributed by atoms with van der Waals surface area (Å²) >= 11 is 0. The molecular weight excluding hydrogens is 208 g/mol. The molecule has 1 N–H and O–H groups in total. The lowest BCUT2D eigenvalue weighted by atomic mass is 9.76. The molecule has 0 spiro atoms. The van der Waals surface area contributed by atoms with Crippen LogP contribution in [0, 0.1) is 0 Å². The zero-order chi connectivity index (χ0) is 11.9. The van der Waals surface area contributed by atoms with Crippen molar-refractivity contribution in [3.8, 4) is 0 Å². The van der Waals surface area contributed by atoms with E-state index < -0.39 is 0 Å². The van der Waals surface area contributed by atoms with Crippen molar-refractivity contribution in [1.82, 2.24) is 0 Å². The van der Waals surface area contributed by atoms with Crippen LogP contribution in [0.1, 0.15) is 62.5 Å². The molecule has 0 heterocycles. The summed E-state index contributed by atoms with van der Waals surface area (Å²) in [4.78, 5) is 0. The summed E-state index contributed by atoms with van der Waals surface area (Å²) in [6.07, 6.45) is 7.05. The van der Waals surface area contributed by atoms with E-state index in [1.807, 2.05) is 0 Å². The van der Waals surface area contributed by atoms with Gasteiger partial charge in [-0.1, -0.05) is 37.6 Å². The van der Waals surface area contributed by atoms with Crippen LogP contribution in [0.5, 0.6) is 0 Å². The van der Waals surface area contributed by atoms with Crippen molar-refractivity contribution in [2.45, 2.75) is 62.9 Å². The molecular formula is C16H22O. The van der Waals surface area contributed by atoms with E-state index in [9.17, 15) is 5.11 Å². The summed E-state index contributed by atoms with van der Waals surface area (Å²) in [5, 5.41) is 9.76. The van der Waals surface area contributed by atoms with Crippen molar-refractivity contribution in [2.24, 2.45) is 0 Å². The Kier molecular flexibility index (Phi) is 2.74. The SMILES string of the molecule is CC1(c2cccc(C3CCC3)c2)CCC(O)C1.